The first kappa shape index (κ1) is 12.2. The van der Waals surface area contributed by atoms with Gasteiger partial charge < -0.3 is 4.57 Å². The second-order valence-electron chi connectivity index (χ2n) is 5.12. The Labute approximate surface area is 95.5 Å². The minimum absolute atomic E-state index is 0.162. The standard InChI is InChI=1S/C11H17ClN2O/c1-10(2,9(12)15)7-11(3,4)14-6-5-13-8-14/h5-6,8H,7H2,1-4H3. The lowest BCUT2D eigenvalue weighted by molar-refractivity contribution is -0.120. The van der Waals surface area contributed by atoms with E-state index in [4.69, 9.17) is 11.6 Å². The third-order valence-corrected chi connectivity index (χ3v) is 3.12. The number of imidazole rings is 1. The molecule has 1 aromatic heterocycles. The van der Waals surface area contributed by atoms with Crippen LogP contribution in [0.25, 0.3) is 0 Å². The smallest absolute Gasteiger partial charge is 0.227 e. The number of rotatable bonds is 4. The quantitative estimate of drug-likeness (QED) is 0.743. The van der Waals surface area contributed by atoms with Gasteiger partial charge in [-0.05, 0) is 31.9 Å². The molecule has 1 heterocycles. The minimum atomic E-state index is -0.519. The number of aromatic nitrogens is 2. The van der Waals surface area contributed by atoms with Gasteiger partial charge in [-0.3, -0.25) is 4.79 Å². The Morgan fingerprint density at radius 1 is 1.40 bits per heavy atom. The predicted octanol–water partition coefficient (Wildman–Crippen LogP) is 2.80. The van der Waals surface area contributed by atoms with Crippen LogP contribution in [0.3, 0.4) is 0 Å². The first-order chi connectivity index (χ1) is 6.76. The van der Waals surface area contributed by atoms with E-state index in [1.54, 1.807) is 12.5 Å². The molecule has 0 aliphatic rings. The molecule has 4 heteroatoms. The Balaban J connectivity index is 2.86. The van der Waals surface area contributed by atoms with Gasteiger partial charge in [0.05, 0.1) is 6.33 Å². The lowest BCUT2D eigenvalue weighted by Crippen LogP contribution is -2.34. The summed E-state index contributed by atoms with van der Waals surface area (Å²) in [5.41, 5.74) is -0.681. The SMILES string of the molecule is CC(C)(CC(C)(C)n1ccnc1)C(=O)Cl. The zero-order valence-corrected chi connectivity index (χ0v) is 10.4. The maximum atomic E-state index is 11.3. The van der Waals surface area contributed by atoms with Crippen molar-refractivity contribution in [2.24, 2.45) is 5.41 Å². The molecule has 0 atom stereocenters. The monoisotopic (exact) mass is 228 g/mol. The lowest BCUT2D eigenvalue weighted by Gasteiger charge is -2.33. The van der Waals surface area contributed by atoms with Crippen molar-refractivity contribution in [1.29, 1.82) is 0 Å². The van der Waals surface area contributed by atoms with Crippen molar-refractivity contribution in [2.75, 3.05) is 0 Å². The zero-order valence-electron chi connectivity index (χ0n) is 9.62. The van der Waals surface area contributed by atoms with Gasteiger partial charge in [-0.2, -0.15) is 0 Å². The van der Waals surface area contributed by atoms with Crippen molar-refractivity contribution in [3.63, 3.8) is 0 Å². The molecule has 0 unspecified atom stereocenters. The third kappa shape index (κ3) is 2.81. The van der Waals surface area contributed by atoms with Gasteiger partial charge in [0.1, 0.15) is 0 Å². The van der Waals surface area contributed by atoms with Crippen LogP contribution >= 0.6 is 11.6 Å². The number of nitrogens with zero attached hydrogens (tertiary/aromatic N) is 2. The molecular formula is C11H17ClN2O. The van der Waals surface area contributed by atoms with Crippen molar-refractivity contribution < 1.29 is 4.79 Å². The van der Waals surface area contributed by atoms with Gasteiger partial charge in [0, 0.05) is 23.3 Å². The van der Waals surface area contributed by atoms with E-state index in [1.807, 2.05) is 24.6 Å². The lowest BCUT2D eigenvalue weighted by atomic mass is 9.81. The van der Waals surface area contributed by atoms with Crippen LogP contribution in [0.5, 0.6) is 0 Å². The number of carbonyl (C=O) groups is 1. The highest BCUT2D eigenvalue weighted by atomic mass is 35.5. The maximum absolute atomic E-state index is 11.3. The first-order valence-corrected chi connectivity index (χ1v) is 5.32. The summed E-state index contributed by atoms with van der Waals surface area (Å²) >= 11 is 5.57. The highest BCUT2D eigenvalue weighted by Crippen LogP contribution is 2.34. The van der Waals surface area contributed by atoms with Gasteiger partial charge in [0.2, 0.25) is 5.24 Å². The minimum Gasteiger partial charge on any atom is -0.332 e. The molecule has 0 bridgehead atoms. The predicted molar refractivity (Wildman–Crippen MR) is 60.8 cm³/mol. The summed E-state index contributed by atoms with van der Waals surface area (Å²) in [6.45, 7) is 7.86. The molecule has 0 saturated carbocycles. The van der Waals surface area contributed by atoms with Crippen LogP contribution in [0.1, 0.15) is 34.1 Å². The summed E-state index contributed by atoms with van der Waals surface area (Å²) < 4.78 is 1.99. The normalized spacial score (nSPS) is 12.9. The number of hydrogen-bond donors (Lipinski definition) is 0. The molecule has 15 heavy (non-hydrogen) atoms. The highest BCUT2D eigenvalue weighted by molar-refractivity contribution is 6.64. The van der Waals surface area contributed by atoms with Gasteiger partial charge in [-0.15, -0.1) is 0 Å². The van der Waals surface area contributed by atoms with Crippen LogP contribution < -0.4 is 0 Å². The molecule has 0 N–H and O–H groups in total. The Hall–Kier alpha value is -0.830. The Morgan fingerprint density at radius 3 is 2.40 bits per heavy atom. The molecule has 0 radical (unpaired) electrons. The molecule has 0 amide bonds. The van der Waals surface area contributed by atoms with Crippen molar-refractivity contribution in [2.45, 2.75) is 39.7 Å². The van der Waals surface area contributed by atoms with E-state index in [2.05, 4.69) is 18.8 Å². The number of carbonyl (C=O) groups excluding carboxylic acids is 1. The average molecular weight is 229 g/mol. The van der Waals surface area contributed by atoms with Crippen molar-refractivity contribution in [3.05, 3.63) is 18.7 Å². The topological polar surface area (TPSA) is 34.9 Å². The second-order valence-corrected chi connectivity index (χ2v) is 5.46. The Kier molecular flexibility index (Phi) is 3.24. The van der Waals surface area contributed by atoms with E-state index < -0.39 is 5.41 Å². The summed E-state index contributed by atoms with van der Waals surface area (Å²) in [6, 6.07) is 0. The van der Waals surface area contributed by atoms with E-state index in [-0.39, 0.29) is 10.8 Å². The van der Waals surface area contributed by atoms with E-state index in [1.165, 1.54) is 0 Å². The van der Waals surface area contributed by atoms with Gasteiger partial charge in [0.15, 0.2) is 0 Å². The van der Waals surface area contributed by atoms with Crippen LogP contribution in [0.15, 0.2) is 18.7 Å². The summed E-state index contributed by atoms with van der Waals surface area (Å²) in [6.07, 6.45) is 6.07. The van der Waals surface area contributed by atoms with E-state index in [0.717, 1.165) is 0 Å². The van der Waals surface area contributed by atoms with Gasteiger partial charge in [-0.25, -0.2) is 4.98 Å². The third-order valence-electron chi connectivity index (χ3n) is 2.61. The fourth-order valence-electron chi connectivity index (χ4n) is 1.86. The molecule has 0 saturated heterocycles. The van der Waals surface area contributed by atoms with Crippen LogP contribution in [0.2, 0.25) is 0 Å². The molecule has 0 spiro atoms. The largest absolute Gasteiger partial charge is 0.332 e. The molecule has 0 aliphatic heterocycles. The Morgan fingerprint density at radius 2 is 2.00 bits per heavy atom. The molecule has 0 fully saturated rings. The highest BCUT2D eigenvalue weighted by Gasteiger charge is 2.34. The van der Waals surface area contributed by atoms with E-state index >= 15 is 0 Å². The van der Waals surface area contributed by atoms with E-state index in [9.17, 15) is 4.79 Å². The molecule has 84 valence electrons. The fourth-order valence-corrected chi connectivity index (χ4v) is 1.93. The fraction of sp³-hybridized carbons (Fsp3) is 0.636. The summed E-state index contributed by atoms with van der Waals surface area (Å²) in [4.78, 5) is 15.3. The van der Waals surface area contributed by atoms with Crippen molar-refractivity contribution in [3.8, 4) is 0 Å². The number of halogens is 1. The van der Waals surface area contributed by atoms with Gasteiger partial charge in [-0.1, -0.05) is 13.8 Å². The van der Waals surface area contributed by atoms with Crippen LogP contribution in [0, 0.1) is 5.41 Å². The summed E-state index contributed by atoms with van der Waals surface area (Å²) in [5.74, 6) is 0. The second kappa shape index (κ2) is 3.97. The zero-order chi connectivity index (χ0) is 11.7. The summed E-state index contributed by atoms with van der Waals surface area (Å²) in [7, 11) is 0. The van der Waals surface area contributed by atoms with E-state index in [0.29, 0.717) is 6.42 Å². The average Bonchev–Trinajstić information content (AvgIpc) is 2.53. The van der Waals surface area contributed by atoms with Crippen molar-refractivity contribution in [1.82, 2.24) is 9.55 Å². The van der Waals surface area contributed by atoms with Crippen molar-refractivity contribution >= 4 is 16.8 Å². The number of hydrogen-bond acceptors (Lipinski definition) is 2. The summed E-state index contributed by atoms with van der Waals surface area (Å²) in [5, 5.41) is -0.296. The van der Waals surface area contributed by atoms with Gasteiger partial charge >= 0.3 is 0 Å². The van der Waals surface area contributed by atoms with Crippen LogP contribution in [-0.4, -0.2) is 14.8 Å². The molecule has 1 rings (SSSR count). The van der Waals surface area contributed by atoms with Crippen LogP contribution in [-0.2, 0) is 10.3 Å². The maximum Gasteiger partial charge on any atom is 0.227 e. The van der Waals surface area contributed by atoms with Crippen LogP contribution in [0.4, 0.5) is 0 Å². The molecular weight excluding hydrogens is 212 g/mol. The molecule has 0 aromatic carbocycles. The first-order valence-electron chi connectivity index (χ1n) is 4.94. The molecule has 0 aliphatic carbocycles. The Bertz CT molecular complexity index is 341. The van der Waals surface area contributed by atoms with Gasteiger partial charge in [0.25, 0.3) is 0 Å². The molecule has 1 aromatic rings. The molecule has 3 nitrogen and oxygen atoms in total.